The minimum Gasteiger partial charge on any atom is -0.494 e. The molecule has 0 bridgehead atoms. The fourth-order valence-electron chi connectivity index (χ4n) is 4.50. The van der Waals surface area contributed by atoms with Crippen LogP contribution >= 0.6 is 0 Å². The molecule has 1 unspecified atom stereocenters. The van der Waals surface area contributed by atoms with Crippen molar-refractivity contribution >= 4 is 11.9 Å². The van der Waals surface area contributed by atoms with Gasteiger partial charge in [0.25, 0.3) is 0 Å². The van der Waals surface area contributed by atoms with Crippen LogP contribution in [0, 0.1) is 0 Å². The first-order valence-corrected chi connectivity index (χ1v) is 15.1. The van der Waals surface area contributed by atoms with Gasteiger partial charge in [-0.25, -0.2) is 9.59 Å². The first-order chi connectivity index (χ1) is 21.2. The number of unbranched alkanes of at least 4 members (excludes halogenated alkanes) is 6. The Morgan fingerprint density at radius 1 is 0.659 bits per heavy atom. The monoisotopic (exact) mass is 614 g/mol. The molecule has 0 aromatic heterocycles. The van der Waals surface area contributed by atoms with Crippen molar-refractivity contribution in [2.75, 3.05) is 20.3 Å². The Kier molecular flexibility index (Phi) is 14.2. The minimum absolute atomic E-state index is 0.0841. The van der Waals surface area contributed by atoms with Crippen molar-refractivity contribution in [2.45, 2.75) is 77.0 Å². The lowest BCUT2D eigenvalue weighted by molar-refractivity contribution is -0.206. The third-order valence-corrected chi connectivity index (χ3v) is 7.05. The van der Waals surface area contributed by atoms with Gasteiger partial charge in [0.15, 0.2) is 6.10 Å². The average molecular weight is 615 g/mol. The summed E-state index contributed by atoms with van der Waals surface area (Å²) >= 11 is 0. The van der Waals surface area contributed by atoms with Crippen LogP contribution in [0.5, 0.6) is 11.5 Å². The summed E-state index contributed by atoms with van der Waals surface area (Å²) in [6.45, 7) is 3.23. The number of ether oxygens (including phenoxy) is 4. The molecule has 9 heteroatoms. The van der Waals surface area contributed by atoms with Gasteiger partial charge in [0.1, 0.15) is 11.5 Å². The number of hydrogen-bond acceptors (Lipinski definition) is 6. The molecule has 3 aromatic rings. The quantitative estimate of drug-likeness (QED) is 0.0808. The van der Waals surface area contributed by atoms with E-state index in [2.05, 4.69) is 6.92 Å². The zero-order chi connectivity index (χ0) is 31.8. The van der Waals surface area contributed by atoms with Crippen molar-refractivity contribution in [1.29, 1.82) is 0 Å². The van der Waals surface area contributed by atoms with E-state index in [1.54, 1.807) is 12.1 Å². The highest BCUT2D eigenvalue weighted by Gasteiger charge is 2.42. The van der Waals surface area contributed by atoms with Gasteiger partial charge >= 0.3 is 18.1 Å². The van der Waals surface area contributed by atoms with Crippen molar-refractivity contribution < 1.29 is 41.7 Å². The Balaban J connectivity index is 1.49. The molecule has 0 aliphatic heterocycles. The van der Waals surface area contributed by atoms with E-state index in [1.807, 2.05) is 36.4 Å². The van der Waals surface area contributed by atoms with E-state index in [0.717, 1.165) is 23.3 Å². The topological polar surface area (TPSA) is 71.1 Å². The summed E-state index contributed by atoms with van der Waals surface area (Å²) < 4.78 is 60.8. The predicted molar refractivity (Wildman–Crippen MR) is 163 cm³/mol. The number of carbonyl (C=O) groups excluding carboxylic acids is 2. The first-order valence-electron chi connectivity index (χ1n) is 15.1. The second-order valence-electron chi connectivity index (χ2n) is 10.6. The third-order valence-electron chi connectivity index (χ3n) is 7.05. The molecule has 0 saturated heterocycles. The van der Waals surface area contributed by atoms with Crippen LogP contribution in [0.3, 0.4) is 0 Å². The highest BCUT2D eigenvalue weighted by Crippen LogP contribution is 2.28. The summed E-state index contributed by atoms with van der Waals surface area (Å²) in [7, 11) is 1.46. The predicted octanol–water partition coefficient (Wildman–Crippen LogP) is 9.22. The van der Waals surface area contributed by atoms with Crippen LogP contribution in [0.4, 0.5) is 13.2 Å². The van der Waals surface area contributed by atoms with Crippen LogP contribution in [0.25, 0.3) is 11.1 Å². The number of alkyl halides is 3. The lowest BCUT2D eigenvalue weighted by Gasteiger charge is -2.20. The van der Waals surface area contributed by atoms with Gasteiger partial charge < -0.3 is 18.9 Å². The highest BCUT2D eigenvalue weighted by molar-refractivity contribution is 5.92. The summed E-state index contributed by atoms with van der Waals surface area (Å²) in [6.07, 6.45) is 0.630. The molecule has 0 heterocycles. The van der Waals surface area contributed by atoms with Crippen molar-refractivity contribution in [3.05, 3.63) is 83.9 Å². The molecule has 44 heavy (non-hydrogen) atoms. The smallest absolute Gasteiger partial charge is 0.425 e. The molecule has 0 N–H and O–H groups in total. The molecule has 0 saturated carbocycles. The maximum absolute atomic E-state index is 13.3. The number of carbonyl (C=O) groups is 2. The van der Waals surface area contributed by atoms with Gasteiger partial charge in [-0.15, -0.1) is 0 Å². The molecule has 1 atom stereocenters. The number of benzene rings is 3. The number of rotatable bonds is 18. The zero-order valence-electron chi connectivity index (χ0n) is 25.4. The van der Waals surface area contributed by atoms with Gasteiger partial charge in [-0.05, 0) is 85.3 Å². The molecular formula is C35H41F3O6. The SMILES string of the molecule is CCCCCCCCOc1ccc(-c2ccc(C(=O)Oc3ccc(C(=O)OC(CCCCOC)C(F)(F)F)cc3)cc2)cc1. The van der Waals surface area contributed by atoms with E-state index in [4.69, 9.17) is 18.9 Å². The van der Waals surface area contributed by atoms with E-state index in [9.17, 15) is 22.8 Å². The number of esters is 2. The fourth-order valence-corrected chi connectivity index (χ4v) is 4.50. The molecule has 3 aromatic carbocycles. The summed E-state index contributed by atoms with van der Waals surface area (Å²) in [5, 5.41) is 0. The van der Waals surface area contributed by atoms with Crippen LogP contribution in [-0.4, -0.2) is 44.5 Å². The maximum Gasteiger partial charge on any atom is 0.425 e. The lowest BCUT2D eigenvalue weighted by atomic mass is 10.0. The Morgan fingerprint density at radius 3 is 1.80 bits per heavy atom. The second kappa shape index (κ2) is 18.1. The van der Waals surface area contributed by atoms with Crippen LogP contribution in [0.1, 0.15) is 85.4 Å². The fraction of sp³-hybridized carbons (Fsp3) is 0.429. The molecule has 0 aliphatic carbocycles. The number of hydrogen-bond donors (Lipinski definition) is 0. The molecule has 0 radical (unpaired) electrons. The van der Waals surface area contributed by atoms with Gasteiger partial charge in [0.05, 0.1) is 17.7 Å². The lowest BCUT2D eigenvalue weighted by Crippen LogP contribution is -2.34. The standard InChI is InChI=1S/C35H41F3O6/c1-3-4-5-6-7-9-25-42-30-20-16-27(17-21-30)26-12-14-28(15-13-26)33(39)43-31-22-18-29(19-23-31)34(40)44-32(35(36,37)38)11-8-10-24-41-2/h12-23,32H,3-11,24-25H2,1-2H3. The number of methoxy groups -OCH3 is 1. The van der Waals surface area contributed by atoms with E-state index in [-0.39, 0.29) is 24.2 Å². The van der Waals surface area contributed by atoms with Crippen molar-refractivity contribution in [1.82, 2.24) is 0 Å². The summed E-state index contributed by atoms with van der Waals surface area (Å²) in [5.41, 5.74) is 2.13. The van der Waals surface area contributed by atoms with Gasteiger partial charge in [-0.2, -0.15) is 13.2 Å². The molecule has 0 spiro atoms. The molecule has 0 aliphatic rings. The Labute approximate surface area is 257 Å². The Hall–Kier alpha value is -3.85. The van der Waals surface area contributed by atoms with Gasteiger partial charge in [0, 0.05) is 13.7 Å². The van der Waals surface area contributed by atoms with Crippen molar-refractivity contribution in [2.24, 2.45) is 0 Å². The van der Waals surface area contributed by atoms with E-state index >= 15 is 0 Å². The normalized spacial score (nSPS) is 12.0. The largest absolute Gasteiger partial charge is 0.494 e. The van der Waals surface area contributed by atoms with Gasteiger partial charge in [0.2, 0.25) is 0 Å². The van der Waals surface area contributed by atoms with Crippen LogP contribution < -0.4 is 9.47 Å². The molecular weight excluding hydrogens is 573 g/mol. The highest BCUT2D eigenvalue weighted by atomic mass is 19.4. The van der Waals surface area contributed by atoms with E-state index < -0.39 is 24.2 Å². The Morgan fingerprint density at radius 2 is 1.18 bits per heavy atom. The van der Waals surface area contributed by atoms with Gasteiger partial charge in [-0.1, -0.05) is 63.3 Å². The number of halogens is 3. The molecule has 3 rings (SSSR count). The molecule has 238 valence electrons. The average Bonchev–Trinajstić information content (AvgIpc) is 3.02. The van der Waals surface area contributed by atoms with Gasteiger partial charge in [-0.3, -0.25) is 0 Å². The second-order valence-corrected chi connectivity index (χ2v) is 10.6. The van der Waals surface area contributed by atoms with Crippen LogP contribution in [0.2, 0.25) is 0 Å². The Bertz CT molecular complexity index is 1270. The molecule has 0 fully saturated rings. The molecule has 6 nitrogen and oxygen atoms in total. The summed E-state index contributed by atoms with van der Waals surface area (Å²) in [4.78, 5) is 25.0. The van der Waals surface area contributed by atoms with Crippen molar-refractivity contribution in [3.63, 3.8) is 0 Å². The van der Waals surface area contributed by atoms with Crippen molar-refractivity contribution in [3.8, 4) is 22.6 Å². The zero-order valence-corrected chi connectivity index (χ0v) is 25.4. The molecule has 0 amide bonds. The summed E-state index contributed by atoms with van der Waals surface area (Å²) in [5.74, 6) is -0.762. The summed E-state index contributed by atoms with van der Waals surface area (Å²) in [6, 6.07) is 19.9. The first kappa shape index (κ1) is 34.6. The minimum atomic E-state index is -4.68. The van der Waals surface area contributed by atoms with E-state index in [1.165, 1.54) is 63.5 Å². The van der Waals surface area contributed by atoms with E-state index in [0.29, 0.717) is 25.2 Å². The van der Waals surface area contributed by atoms with Crippen LogP contribution in [-0.2, 0) is 9.47 Å². The third kappa shape index (κ3) is 11.7. The maximum atomic E-state index is 13.3. The van der Waals surface area contributed by atoms with Crippen LogP contribution in [0.15, 0.2) is 72.8 Å².